The topological polar surface area (TPSA) is 122 Å². The maximum absolute atomic E-state index is 13.0. The van der Waals surface area contributed by atoms with Gasteiger partial charge in [-0.2, -0.15) is 13.2 Å². The first kappa shape index (κ1) is 27.3. The Bertz CT molecular complexity index is 1270. The van der Waals surface area contributed by atoms with Gasteiger partial charge in [0.25, 0.3) is 11.1 Å². The summed E-state index contributed by atoms with van der Waals surface area (Å²) in [6, 6.07) is 7.20. The lowest BCUT2D eigenvalue weighted by Crippen LogP contribution is -2.36. The summed E-state index contributed by atoms with van der Waals surface area (Å²) in [4.78, 5) is 48.9. The number of nitrogens with one attached hydrogen (secondary N) is 1. The van der Waals surface area contributed by atoms with E-state index in [0.29, 0.717) is 37.6 Å². The Balaban J connectivity index is 1.72. The number of methoxy groups -OCH3 is 1. The van der Waals surface area contributed by atoms with Gasteiger partial charge in [0.05, 0.1) is 26.8 Å². The van der Waals surface area contributed by atoms with Crippen LogP contribution in [0.3, 0.4) is 0 Å². The van der Waals surface area contributed by atoms with Crippen molar-refractivity contribution in [2.24, 2.45) is 0 Å². The van der Waals surface area contributed by atoms with Crippen molar-refractivity contribution in [2.75, 3.05) is 25.6 Å². The van der Waals surface area contributed by atoms with E-state index >= 15 is 0 Å². The molecule has 0 aromatic heterocycles. The van der Waals surface area contributed by atoms with Crippen LogP contribution in [0, 0.1) is 3.57 Å². The van der Waals surface area contributed by atoms with Crippen LogP contribution in [-0.2, 0) is 20.6 Å². The number of nitrogens with zero attached hydrogens (tertiary/aromatic N) is 1. The number of amides is 3. The van der Waals surface area contributed by atoms with E-state index in [1.54, 1.807) is 12.1 Å². The normalized spacial score (nSPS) is 14.8. The van der Waals surface area contributed by atoms with Crippen molar-refractivity contribution < 1.29 is 46.9 Å². The van der Waals surface area contributed by atoms with Gasteiger partial charge in [0.15, 0.2) is 6.61 Å². The van der Waals surface area contributed by atoms with Gasteiger partial charge in [-0.3, -0.25) is 19.3 Å². The van der Waals surface area contributed by atoms with Crippen molar-refractivity contribution in [1.29, 1.82) is 0 Å². The third-order valence-corrected chi connectivity index (χ3v) is 6.33. The van der Waals surface area contributed by atoms with E-state index in [1.807, 2.05) is 22.6 Å². The summed E-state index contributed by atoms with van der Waals surface area (Å²) in [7, 11) is 1.21. The van der Waals surface area contributed by atoms with Gasteiger partial charge in [-0.25, -0.2) is 4.79 Å². The Labute approximate surface area is 219 Å². The molecule has 3 rings (SSSR count). The molecule has 36 heavy (non-hydrogen) atoms. The number of hydrogen-bond donors (Lipinski definition) is 2. The number of aliphatic carboxylic acids is 1. The van der Waals surface area contributed by atoms with Crippen LogP contribution in [0.15, 0.2) is 41.3 Å². The predicted molar refractivity (Wildman–Crippen MR) is 132 cm³/mol. The molecule has 0 unspecified atom stereocenters. The maximum Gasteiger partial charge on any atom is 0.416 e. The van der Waals surface area contributed by atoms with Gasteiger partial charge in [0.2, 0.25) is 5.91 Å². The van der Waals surface area contributed by atoms with E-state index in [2.05, 4.69) is 5.32 Å². The fourth-order valence-corrected chi connectivity index (χ4v) is 4.50. The number of benzene rings is 2. The van der Waals surface area contributed by atoms with Crippen LogP contribution >= 0.6 is 34.4 Å². The molecule has 1 aliphatic heterocycles. The molecule has 1 fully saturated rings. The molecule has 0 radical (unpaired) electrons. The Hall–Kier alpha value is -3.27. The Morgan fingerprint density at radius 2 is 1.86 bits per heavy atom. The molecule has 1 aliphatic rings. The van der Waals surface area contributed by atoms with Gasteiger partial charge >= 0.3 is 12.1 Å². The monoisotopic (exact) mass is 636 g/mol. The van der Waals surface area contributed by atoms with Crippen LogP contribution in [-0.4, -0.2) is 53.3 Å². The number of imide groups is 1. The molecule has 0 saturated carbocycles. The summed E-state index contributed by atoms with van der Waals surface area (Å²) in [6.07, 6.45) is -3.23. The number of thioether (sulfide) groups is 1. The van der Waals surface area contributed by atoms with Gasteiger partial charge in [0, 0.05) is 0 Å². The molecular weight excluding hydrogens is 620 g/mol. The highest BCUT2D eigenvalue weighted by Crippen LogP contribution is 2.36. The summed E-state index contributed by atoms with van der Waals surface area (Å²) in [6.45, 7) is -1.25. The molecule has 9 nitrogen and oxygen atoms in total. The van der Waals surface area contributed by atoms with E-state index in [0.717, 1.165) is 12.1 Å². The molecule has 0 aliphatic carbocycles. The van der Waals surface area contributed by atoms with Crippen LogP contribution in [0.1, 0.15) is 11.1 Å². The van der Waals surface area contributed by atoms with Crippen molar-refractivity contribution in [2.45, 2.75) is 6.18 Å². The lowest BCUT2D eigenvalue weighted by molar-refractivity contribution is -0.139. The second-order valence-corrected chi connectivity index (χ2v) is 9.26. The number of ether oxygens (including phenoxy) is 2. The fourth-order valence-electron chi connectivity index (χ4n) is 2.97. The zero-order valence-electron chi connectivity index (χ0n) is 18.2. The SMILES string of the molecule is COc1ccc(C(F)(F)F)cc1NC(=O)CN1C(=O)S/C(=C\c2ccc(OCC(=O)O)c(I)c2)C1=O. The highest BCUT2D eigenvalue weighted by molar-refractivity contribution is 14.1. The number of carbonyl (C=O) groups excluding carboxylic acids is 3. The molecule has 2 aromatic carbocycles. The quantitative estimate of drug-likeness (QED) is 0.322. The molecule has 1 saturated heterocycles. The first-order chi connectivity index (χ1) is 16.9. The van der Waals surface area contributed by atoms with E-state index in [1.165, 1.54) is 19.3 Å². The van der Waals surface area contributed by atoms with Crippen molar-refractivity contribution >= 4 is 69.1 Å². The molecule has 14 heteroatoms. The van der Waals surface area contributed by atoms with Gasteiger partial charge in [-0.05, 0) is 76.3 Å². The molecule has 3 amide bonds. The van der Waals surface area contributed by atoms with E-state index < -0.39 is 47.9 Å². The summed E-state index contributed by atoms with van der Waals surface area (Å²) < 4.78 is 49.7. The number of alkyl halides is 3. The first-order valence-electron chi connectivity index (χ1n) is 9.83. The Morgan fingerprint density at radius 1 is 1.17 bits per heavy atom. The van der Waals surface area contributed by atoms with Crippen LogP contribution in [0.2, 0.25) is 0 Å². The highest BCUT2D eigenvalue weighted by atomic mass is 127. The predicted octanol–water partition coefficient (Wildman–Crippen LogP) is 4.46. The highest BCUT2D eigenvalue weighted by Gasteiger charge is 2.37. The van der Waals surface area contributed by atoms with Gasteiger partial charge < -0.3 is 19.9 Å². The number of hydrogen-bond acceptors (Lipinski definition) is 7. The van der Waals surface area contributed by atoms with Crippen molar-refractivity contribution in [3.8, 4) is 11.5 Å². The minimum absolute atomic E-state index is 0.0273. The fraction of sp³-hybridized carbons (Fsp3) is 0.182. The zero-order chi connectivity index (χ0) is 26.6. The number of rotatable bonds is 8. The van der Waals surface area contributed by atoms with E-state index in [4.69, 9.17) is 14.6 Å². The largest absolute Gasteiger partial charge is 0.495 e. The number of carboxylic acids is 1. The maximum atomic E-state index is 13.0. The van der Waals surface area contributed by atoms with Crippen molar-refractivity contribution in [1.82, 2.24) is 4.90 Å². The molecule has 2 N–H and O–H groups in total. The molecule has 2 aromatic rings. The van der Waals surface area contributed by atoms with Crippen LogP contribution in [0.5, 0.6) is 11.5 Å². The molecule has 0 atom stereocenters. The minimum Gasteiger partial charge on any atom is -0.495 e. The van der Waals surface area contributed by atoms with E-state index in [-0.39, 0.29) is 16.3 Å². The summed E-state index contributed by atoms with van der Waals surface area (Å²) in [5.74, 6) is -2.50. The molecule has 190 valence electrons. The summed E-state index contributed by atoms with van der Waals surface area (Å²) in [5.41, 5.74) is -0.757. The standard InChI is InChI=1S/C22H16F3IN2O7S/c1-34-16-5-3-12(22(23,24)25)8-14(16)27-18(29)9-28-20(32)17(36-21(28)33)7-11-2-4-15(13(26)6-11)35-10-19(30)31/h2-8H,9-10H2,1H3,(H,27,29)(H,30,31)/b17-7-. The van der Waals surface area contributed by atoms with Crippen molar-refractivity contribution in [3.63, 3.8) is 0 Å². The number of anilines is 1. The summed E-state index contributed by atoms with van der Waals surface area (Å²) >= 11 is 2.52. The van der Waals surface area contributed by atoms with Gasteiger partial charge in [-0.1, -0.05) is 6.07 Å². The average Bonchev–Trinajstić information content (AvgIpc) is 3.05. The van der Waals surface area contributed by atoms with E-state index in [9.17, 15) is 32.3 Å². The molecule has 0 spiro atoms. The summed E-state index contributed by atoms with van der Waals surface area (Å²) in [5, 5.41) is 10.2. The number of carboxylic acid groups (broad SMARTS) is 1. The second-order valence-electron chi connectivity index (χ2n) is 7.10. The lowest BCUT2D eigenvalue weighted by Gasteiger charge is -2.16. The first-order valence-corrected chi connectivity index (χ1v) is 11.7. The second kappa shape index (κ2) is 11.2. The number of halogens is 4. The molecule has 1 heterocycles. The van der Waals surface area contributed by atoms with Gasteiger partial charge in [0.1, 0.15) is 18.0 Å². The zero-order valence-corrected chi connectivity index (χ0v) is 21.2. The third-order valence-electron chi connectivity index (χ3n) is 4.58. The van der Waals surface area contributed by atoms with Crippen molar-refractivity contribution in [3.05, 3.63) is 56.0 Å². The average molecular weight is 636 g/mol. The van der Waals surface area contributed by atoms with Crippen LogP contribution in [0.4, 0.5) is 23.7 Å². The van der Waals surface area contributed by atoms with Crippen LogP contribution < -0.4 is 14.8 Å². The lowest BCUT2D eigenvalue weighted by atomic mass is 10.1. The third kappa shape index (κ3) is 6.69. The Kier molecular flexibility index (Phi) is 8.50. The Morgan fingerprint density at radius 3 is 2.47 bits per heavy atom. The smallest absolute Gasteiger partial charge is 0.416 e. The minimum atomic E-state index is -4.65. The van der Waals surface area contributed by atoms with Crippen LogP contribution in [0.25, 0.3) is 6.08 Å². The molecular formula is C22H16F3IN2O7S. The number of carbonyl (C=O) groups is 4. The molecule has 0 bridgehead atoms. The van der Waals surface area contributed by atoms with Gasteiger partial charge in [-0.15, -0.1) is 0 Å².